The van der Waals surface area contributed by atoms with Gasteiger partial charge in [0.1, 0.15) is 0 Å². The normalized spacial score (nSPS) is 10.7. The Bertz CT molecular complexity index is 720. The fraction of sp³-hybridized carbons (Fsp3) is 0.125. The van der Waals surface area contributed by atoms with Crippen LogP contribution >= 0.6 is 11.8 Å². The largest absolute Gasteiger partial charge is 0.399 e. The number of aromatic nitrogens is 2. The number of thioether (sulfide) groups is 1. The molecule has 2 N–H and O–H groups in total. The SMILES string of the molecule is Cc1ccc(-c2noc(CSc3ccc(N)cc3)n2)cc1. The summed E-state index contributed by atoms with van der Waals surface area (Å²) in [5.74, 6) is 1.89. The third kappa shape index (κ3) is 3.44. The van der Waals surface area contributed by atoms with Crippen LogP contribution in [-0.4, -0.2) is 10.1 Å². The maximum absolute atomic E-state index is 5.66. The summed E-state index contributed by atoms with van der Waals surface area (Å²) in [4.78, 5) is 5.54. The first-order chi connectivity index (χ1) is 10.2. The van der Waals surface area contributed by atoms with Gasteiger partial charge in [-0.2, -0.15) is 4.98 Å². The first kappa shape index (κ1) is 13.7. The molecule has 0 unspecified atom stereocenters. The van der Waals surface area contributed by atoms with E-state index in [0.29, 0.717) is 17.5 Å². The minimum Gasteiger partial charge on any atom is -0.399 e. The summed E-state index contributed by atoms with van der Waals surface area (Å²) >= 11 is 1.64. The quantitative estimate of drug-likeness (QED) is 0.584. The smallest absolute Gasteiger partial charge is 0.237 e. The van der Waals surface area contributed by atoms with Crippen molar-refractivity contribution in [3.05, 3.63) is 60.0 Å². The highest BCUT2D eigenvalue weighted by atomic mass is 32.2. The lowest BCUT2D eigenvalue weighted by molar-refractivity contribution is 0.391. The number of rotatable bonds is 4. The summed E-state index contributed by atoms with van der Waals surface area (Å²) in [6, 6.07) is 15.8. The third-order valence-corrected chi connectivity index (χ3v) is 4.02. The minimum atomic E-state index is 0.618. The molecular weight excluding hydrogens is 282 g/mol. The van der Waals surface area contributed by atoms with Crippen molar-refractivity contribution in [2.24, 2.45) is 0 Å². The zero-order chi connectivity index (χ0) is 14.7. The molecule has 106 valence electrons. The van der Waals surface area contributed by atoms with Crippen LogP contribution in [0.15, 0.2) is 57.9 Å². The maximum Gasteiger partial charge on any atom is 0.237 e. The van der Waals surface area contributed by atoms with Crippen molar-refractivity contribution in [2.75, 3.05) is 5.73 Å². The Morgan fingerprint density at radius 2 is 1.76 bits per heavy atom. The van der Waals surface area contributed by atoms with E-state index in [4.69, 9.17) is 10.3 Å². The van der Waals surface area contributed by atoms with Crippen molar-refractivity contribution in [1.82, 2.24) is 10.1 Å². The lowest BCUT2D eigenvalue weighted by atomic mass is 10.1. The Balaban J connectivity index is 1.67. The van der Waals surface area contributed by atoms with E-state index in [-0.39, 0.29) is 0 Å². The van der Waals surface area contributed by atoms with Crippen LogP contribution < -0.4 is 5.73 Å². The molecule has 0 aliphatic rings. The van der Waals surface area contributed by atoms with Gasteiger partial charge in [0.05, 0.1) is 5.75 Å². The summed E-state index contributed by atoms with van der Waals surface area (Å²) in [6.45, 7) is 2.05. The van der Waals surface area contributed by atoms with E-state index in [0.717, 1.165) is 16.1 Å². The topological polar surface area (TPSA) is 64.9 Å². The molecule has 0 saturated carbocycles. The van der Waals surface area contributed by atoms with Gasteiger partial charge in [0.25, 0.3) is 0 Å². The van der Waals surface area contributed by atoms with E-state index in [1.807, 2.05) is 48.5 Å². The van der Waals surface area contributed by atoms with Crippen molar-refractivity contribution >= 4 is 17.4 Å². The highest BCUT2D eigenvalue weighted by Crippen LogP contribution is 2.24. The molecule has 0 fully saturated rings. The molecule has 0 radical (unpaired) electrons. The van der Waals surface area contributed by atoms with Crippen molar-refractivity contribution in [3.63, 3.8) is 0 Å². The van der Waals surface area contributed by atoms with Crippen molar-refractivity contribution in [1.29, 1.82) is 0 Å². The van der Waals surface area contributed by atoms with Gasteiger partial charge in [-0.25, -0.2) is 0 Å². The average molecular weight is 297 g/mol. The Morgan fingerprint density at radius 1 is 1.05 bits per heavy atom. The van der Waals surface area contributed by atoms with Crippen LogP contribution in [0.4, 0.5) is 5.69 Å². The average Bonchev–Trinajstić information content (AvgIpc) is 2.96. The van der Waals surface area contributed by atoms with Gasteiger partial charge >= 0.3 is 0 Å². The van der Waals surface area contributed by atoms with E-state index < -0.39 is 0 Å². The number of hydrogen-bond donors (Lipinski definition) is 1. The first-order valence-electron chi connectivity index (χ1n) is 6.59. The standard InChI is InChI=1S/C16H15N3OS/c1-11-2-4-12(5-3-11)16-18-15(20-19-16)10-21-14-8-6-13(17)7-9-14/h2-9H,10,17H2,1H3. The molecule has 0 aliphatic heterocycles. The van der Waals surface area contributed by atoms with Crippen LogP contribution in [0.3, 0.4) is 0 Å². The number of anilines is 1. The summed E-state index contributed by atoms with van der Waals surface area (Å²) in [6.07, 6.45) is 0. The lowest BCUT2D eigenvalue weighted by Crippen LogP contribution is -1.85. The van der Waals surface area contributed by atoms with Gasteiger partial charge in [0.2, 0.25) is 11.7 Å². The minimum absolute atomic E-state index is 0.618. The Kier molecular flexibility index (Phi) is 3.92. The molecule has 4 nitrogen and oxygen atoms in total. The van der Waals surface area contributed by atoms with Crippen LogP contribution in [0, 0.1) is 6.92 Å². The van der Waals surface area contributed by atoms with Crippen molar-refractivity contribution < 1.29 is 4.52 Å². The van der Waals surface area contributed by atoms with E-state index >= 15 is 0 Å². The van der Waals surface area contributed by atoms with Crippen molar-refractivity contribution in [3.8, 4) is 11.4 Å². The second-order valence-electron chi connectivity index (χ2n) is 4.74. The zero-order valence-corrected chi connectivity index (χ0v) is 12.4. The maximum atomic E-state index is 5.66. The highest BCUT2D eigenvalue weighted by Gasteiger charge is 2.08. The number of benzene rings is 2. The van der Waals surface area contributed by atoms with Gasteiger partial charge in [0.15, 0.2) is 0 Å². The molecule has 0 bridgehead atoms. The van der Waals surface area contributed by atoms with Crippen LogP contribution in [0.2, 0.25) is 0 Å². The van der Waals surface area contributed by atoms with E-state index in [1.165, 1.54) is 5.56 Å². The molecule has 1 aromatic heterocycles. The van der Waals surface area contributed by atoms with E-state index in [1.54, 1.807) is 11.8 Å². The van der Waals surface area contributed by atoms with E-state index in [9.17, 15) is 0 Å². The summed E-state index contributed by atoms with van der Waals surface area (Å²) in [5.41, 5.74) is 8.60. The molecule has 0 atom stereocenters. The number of nitrogens with two attached hydrogens (primary N) is 1. The van der Waals surface area contributed by atoms with Gasteiger partial charge in [0, 0.05) is 16.1 Å². The molecular formula is C16H15N3OS. The Morgan fingerprint density at radius 3 is 2.48 bits per heavy atom. The lowest BCUT2D eigenvalue weighted by Gasteiger charge is -1.98. The predicted octanol–water partition coefficient (Wildman–Crippen LogP) is 3.92. The molecule has 0 aliphatic carbocycles. The molecule has 3 rings (SSSR count). The Hall–Kier alpha value is -2.27. The van der Waals surface area contributed by atoms with Gasteiger partial charge in [-0.1, -0.05) is 35.0 Å². The molecule has 0 saturated heterocycles. The van der Waals surface area contributed by atoms with Gasteiger partial charge < -0.3 is 10.3 Å². The number of hydrogen-bond acceptors (Lipinski definition) is 5. The second-order valence-corrected chi connectivity index (χ2v) is 5.78. The zero-order valence-electron chi connectivity index (χ0n) is 11.6. The van der Waals surface area contributed by atoms with Crippen LogP contribution in [0.1, 0.15) is 11.5 Å². The molecule has 0 spiro atoms. The summed E-state index contributed by atoms with van der Waals surface area (Å²) < 4.78 is 5.29. The highest BCUT2D eigenvalue weighted by molar-refractivity contribution is 7.98. The van der Waals surface area contributed by atoms with Gasteiger partial charge in [-0.3, -0.25) is 0 Å². The van der Waals surface area contributed by atoms with Crippen LogP contribution in [-0.2, 0) is 5.75 Å². The number of nitrogens with zero attached hydrogens (tertiary/aromatic N) is 2. The van der Waals surface area contributed by atoms with Gasteiger partial charge in [-0.15, -0.1) is 11.8 Å². The second kappa shape index (κ2) is 6.01. The third-order valence-electron chi connectivity index (χ3n) is 3.02. The molecule has 2 aromatic carbocycles. The first-order valence-corrected chi connectivity index (χ1v) is 7.57. The predicted molar refractivity (Wildman–Crippen MR) is 84.9 cm³/mol. The molecule has 21 heavy (non-hydrogen) atoms. The van der Waals surface area contributed by atoms with E-state index in [2.05, 4.69) is 17.1 Å². The Labute approximate surface area is 127 Å². The fourth-order valence-corrected chi connectivity index (χ4v) is 2.58. The number of nitrogen functional groups attached to an aromatic ring is 1. The molecule has 5 heteroatoms. The molecule has 3 aromatic rings. The summed E-state index contributed by atoms with van der Waals surface area (Å²) in [7, 11) is 0. The summed E-state index contributed by atoms with van der Waals surface area (Å²) in [5, 5.41) is 4.02. The number of aryl methyl sites for hydroxylation is 1. The molecule has 1 heterocycles. The molecule has 0 amide bonds. The van der Waals surface area contributed by atoms with Gasteiger partial charge in [-0.05, 0) is 31.2 Å². The fourth-order valence-electron chi connectivity index (χ4n) is 1.84. The van der Waals surface area contributed by atoms with Crippen LogP contribution in [0.5, 0.6) is 0 Å². The van der Waals surface area contributed by atoms with Crippen molar-refractivity contribution in [2.45, 2.75) is 17.6 Å². The van der Waals surface area contributed by atoms with Crippen LogP contribution in [0.25, 0.3) is 11.4 Å². The monoisotopic (exact) mass is 297 g/mol.